The number of benzene rings is 2. The van der Waals surface area contributed by atoms with Gasteiger partial charge in [-0.15, -0.1) is 0 Å². The van der Waals surface area contributed by atoms with Crippen molar-refractivity contribution in [1.82, 2.24) is 5.32 Å². The number of carbonyl (C=O) groups is 2. The molecule has 0 saturated carbocycles. The Balaban J connectivity index is 1.72. The first-order valence-electron chi connectivity index (χ1n) is 9.08. The third-order valence-electron chi connectivity index (χ3n) is 4.92. The van der Waals surface area contributed by atoms with E-state index in [1.807, 2.05) is 36.4 Å². The second kappa shape index (κ2) is 9.33. The highest BCUT2D eigenvalue weighted by Crippen LogP contribution is 2.35. The second-order valence-electron chi connectivity index (χ2n) is 6.80. The van der Waals surface area contributed by atoms with E-state index in [9.17, 15) is 9.59 Å². The zero-order chi connectivity index (χ0) is 21.0. The average Bonchev–Trinajstić information content (AvgIpc) is 3.15. The number of hydrogen-bond donors (Lipinski definition) is 1. The van der Waals surface area contributed by atoms with E-state index in [0.29, 0.717) is 27.8 Å². The fourth-order valence-corrected chi connectivity index (χ4v) is 4.04. The molecule has 0 radical (unpaired) electrons. The smallest absolute Gasteiger partial charge is 0.313 e. The Bertz CT molecular complexity index is 907. The van der Waals surface area contributed by atoms with Crippen molar-refractivity contribution < 1.29 is 19.1 Å². The zero-order valence-corrected chi connectivity index (χ0v) is 17.5. The minimum Gasteiger partial charge on any atom is -0.497 e. The standard InChI is InChI=1S/C22H21Cl2NO4/c1-28-19-7-4-13(5-8-19)20(22(27)29-2)14-3-6-18(11-14)25-21(26)15-9-16(23)12-17(24)10-15/h3-10,12,14,18,20H,11H2,1-2H3,(H,25,26)/t14-,18+,20+/m0/s1. The van der Waals surface area contributed by atoms with E-state index < -0.39 is 5.92 Å². The molecule has 0 fully saturated rings. The molecule has 0 spiro atoms. The first kappa shape index (κ1) is 21.2. The van der Waals surface area contributed by atoms with Gasteiger partial charge in [0.1, 0.15) is 5.75 Å². The predicted molar refractivity (Wildman–Crippen MR) is 113 cm³/mol. The monoisotopic (exact) mass is 433 g/mol. The fourth-order valence-electron chi connectivity index (χ4n) is 3.51. The molecule has 1 aliphatic rings. The number of halogens is 2. The number of nitrogens with one attached hydrogen (secondary N) is 1. The molecule has 0 saturated heterocycles. The van der Waals surface area contributed by atoms with Crippen molar-refractivity contribution in [3.63, 3.8) is 0 Å². The maximum atomic E-state index is 12.5. The second-order valence-corrected chi connectivity index (χ2v) is 7.67. The Hall–Kier alpha value is -2.50. The van der Waals surface area contributed by atoms with E-state index >= 15 is 0 Å². The van der Waals surface area contributed by atoms with Gasteiger partial charge >= 0.3 is 5.97 Å². The van der Waals surface area contributed by atoms with Gasteiger partial charge in [-0.05, 0) is 48.2 Å². The molecule has 7 heteroatoms. The van der Waals surface area contributed by atoms with Crippen LogP contribution in [0.2, 0.25) is 10.0 Å². The summed E-state index contributed by atoms with van der Waals surface area (Å²) in [6, 6.07) is 11.8. The van der Waals surface area contributed by atoms with Crippen LogP contribution in [0.3, 0.4) is 0 Å². The average molecular weight is 434 g/mol. The fraction of sp³-hybridized carbons (Fsp3) is 0.273. The van der Waals surface area contributed by atoms with E-state index in [1.165, 1.54) is 7.11 Å². The van der Waals surface area contributed by atoms with Gasteiger partial charge in [-0.3, -0.25) is 9.59 Å². The maximum Gasteiger partial charge on any atom is 0.313 e. The minimum atomic E-state index is -0.468. The summed E-state index contributed by atoms with van der Waals surface area (Å²) in [6.45, 7) is 0. The first-order chi connectivity index (χ1) is 13.9. The predicted octanol–water partition coefficient (Wildman–Crippen LogP) is 4.63. The molecule has 152 valence electrons. The van der Waals surface area contributed by atoms with Gasteiger partial charge in [0.2, 0.25) is 0 Å². The van der Waals surface area contributed by atoms with Crippen LogP contribution in [0.5, 0.6) is 5.75 Å². The van der Waals surface area contributed by atoms with Gasteiger partial charge in [-0.2, -0.15) is 0 Å². The molecule has 1 N–H and O–H groups in total. The lowest BCUT2D eigenvalue weighted by atomic mass is 9.85. The number of ether oxygens (including phenoxy) is 2. The molecule has 2 aromatic rings. The molecule has 3 atom stereocenters. The van der Waals surface area contributed by atoms with E-state index in [-0.39, 0.29) is 23.8 Å². The quantitative estimate of drug-likeness (QED) is 0.532. The first-order valence-corrected chi connectivity index (χ1v) is 9.84. The van der Waals surface area contributed by atoms with Crippen LogP contribution >= 0.6 is 23.2 Å². The van der Waals surface area contributed by atoms with Crippen molar-refractivity contribution in [1.29, 1.82) is 0 Å². The maximum absolute atomic E-state index is 12.5. The van der Waals surface area contributed by atoms with Gasteiger partial charge in [0.15, 0.2) is 0 Å². The van der Waals surface area contributed by atoms with Gasteiger partial charge in [-0.1, -0.05) is 47.5 Å². The van der Waals surface area contributed by atoms with Crippen molar-refractivity contribution in [2.45, 2.75) is 18.4 Å². The van der Waals surface area contributed by atoms with Crippen LogP contribution in [0.15, 0.2) is 54.6 Å². The lowest BCUT2D eigenvalue weighted by molar-refractivity contribution is -0.143. The van der Waals surface area contributed by atoms with E-state index in [4.69, 9.17) is 32.7 Å². The number of esters is 1. The van der Waals surface area contributed by atoms with Gasteiger partial charge in [0.05, 0.1) is 20.1 Å². The molecule has 0 aliphatic heterocycles. The summed E-state index contributed by atoms with van der Waals surface area (Å²) in [4.78, 5) is 25.0. The molecule has 0 bridgehead atoms. The highest BCUT2D eigenvalue weighted by Gasteiger charge is 2.34. The Morgan fingerprint density at radius 3 is 2.28 bits per heavy atom. The van der Waals surface area contributed by atoms with Gasteiger partial charge in [0, 0.05) is 21.7 Å². The number of rotatable bonds is 6. The molecule has 2 aromatic carbocycles. The summed E-state index contributed by atoms with van der Waals surface area (Å²) in [5, 5.41) is 3.74. The summed E-state index contributed by atoms with van der Waals surface area (Å²) in [7, 11) is 2.96. The van der Waals surface area contributed by atoms with Gasteiger partial charge < -0.3 is 14.8 Å². The lowest BCUT2D eigenvalue weighted by Gasteiger charge is -2.22. The summed E-state index contributed by atoms with van der Waals surface area (Å²) in [6.07, 6.45) is 4.42. The molecular weight excluding hydrogens is 413 g/mol. The zero-order valence-electron chi connectivity index (χ0n) is 16.0. The minimum absolute atomic E-state index is 0.107. The molecule has 3 rings (SSSR count). The Morgan fingerprint density at radius 1 is 1.03 bits per heavy atom. The highest BCUT2D eigenvalue weighted by molar-refractivity contribution is 6.35. The van der Waals surface area contributed by atoms with E-state index in [2.05, 4.69) is 5.32 Å². The van der Waals surface area contributed by atoms with Crippen molar-refractivity contribution in [2.24, 2.45) is 5.92 Å². The molecule has 0 aromatic heterocycles. The van der Waals surface area contributed by atoms with Crippen molar-refractivity contribution in [3.05, 3.63) is 75.8 Å². The van der Waals surface area contributed by atoms with Crippen LogP contribution in [-0.2, 0) is 9.53 Å². The number of amides is 1. The molecule has 1 aliphatic carbocycles. The lowest BCUT2D eigenvalue weighted by Crippen LogP contribution is -2.33. The molecule has 0 heterocycles. The summed E-state index contributed by atoms with van der Waals surface area (Å²) in [5.74, 6) is -0.458. The molecular formula is C22H21Cl2NO4. The van der Waals surface area contributed by atoms with Gasteiger partial charge in [-0.25, -0.2) is 0 Å². The third kappa shape index (κ3) is 5.11. The normalized spacial score (nSPS) is 18.9. The summed E-state index contributed by atoms with van der Waals surface area (Å²) in [5.41, 5.74) is 1.22. The summed E-state index contributed by atoms with van der Waals surface area (Å²) < 4.78 is 10.2. The van der Waals surface area contributed by atoms with E-state index in [0.717, 1.165) is 5.56 Å². The number of allylic oxidation sites excluding steroid dienone is 1. The van der Waals surface area contributed by atoms with Crippen LogP contribution in [-0.4, -0.2) is 32.1 Å². The van der Waals surface area contributed by atoms with Crippen molar-refractivity contribution in [2.75, 3.05) is 14.2 Å². The van der Waals surface area contributed by atoms with E-state index in [1.54, 1.807) is 25.3 Å². The van der Waals surface area contributed by atoms with Crippen LogP contribution < -0.4 is 10.1 Å². The van der Waals surface area contributed by atoms with Crippen molar-refractivity contribution in [3.8, 4) is 5.75 Å². The van der Waals surface area contributed by atoms with Crippen molar-refractivity contribution >= 4 is 35.1 Å². The topological polar surface area (TPSA) is 64.6 Å². The molecule has 5 nitrogen and oxygen atoms in total. The largest absolute Gasteiger partial charge is 0.497 e. The van der Waals surface area contributed by atoms with Crippen LogP contribution in [0.4, 0.5) is 0 Å². The number of hydrogen-bond acceptors (Lipinski definition) is 4. The number of methoxy groups -OCH3 is 2. The Labute approximate surface area is 179 Å². The molecule has 0 unspecified atom stereocenters. The highest BCUT2D eigenvalue weighted by atomic mass is 35.5. The van der Waals surface area contributed by atoms with Crippen LogP contribution in [0, 0.1) is 5.92 Å². The summed E-state index contributed by atoms with van der Waals surface area (Å²) >= 11 is 12.0. The molecule has 29 heavy (non-hydrogen) atoms. The van der Waals surface area contributed by atoms with Crippen LogP contribution in [0.1, 0.15) is 28.3 Å². The third-order valence-corrected chi connectivity index (χ3v) is 5.35. The van der Waals surface area contributed by atoms with Gasteiger partial charge in [0.25, 0.3) is 5.91 Å². The molecule has 1 amide bonds. The van der Waals surface area contributed by atoms with Crippen LogP contribution in [0.25, 0.3) is 0 Å². The SMILES string of the molecule is COC(=O)[C@H](c1ccc(OC)cc1)[C@H]1C=C[C@@H](NC(=O)c2cc(Cl)cc(Cl)c2)C1. The number of carbonyl (C=O) groups excluding carboxylic acids is 2. The Kier molecular flexibility index (Phi) is 6.83. The Morgan fingerprint density at radius 2 is 1.69 bits per heavy atom.